The molecular weight excluding hydrogens is 312 g/mol. The van der Waals surface area contributed by atoms with Crippen LogP contribution in [0.1, 0.15) is 17.2 Å². The minimum Gasteiger partial charge on any atom is -0.388 e. The van der Waals surface area contributed by atoms with E-state index in [4.69, 9.17) is 23.2 Å². The van der Waals surface area contributed by atoms with Crippen molar-refractivity contribution in [2.24, 2.45) is 0 Å². The summed E-state index contributed by atoms with van der Waals surface area (Å²) in [6, 6.07) is 5.64. The van der Waals surface area contributed by atoms with Crippen LogP contribution in [0.15, 0.2) is 30.3 Å². The molecule has 0 fully saturated rings. The van der Waals surface area contributed by atoms with Crippen molar-refractivity contribution in [2.75, 3.05) is 0 Å². The summed E-state index contributed by atoms with van der Waals surface area (Å²) in [7, 11) is 0. The molecule has 0 saturated carbocycles. The summed E-state index contributed by atoms with van der Waals surface area (Å²) in [5.41, 5.74) is -0.0208. The first-order chi connectivity index (χ1) is 9.38. The fourth-order valence-electron chi connectivity index (χ4n) is 1.86. The third-order valence-corrected chi connectivity index (χ3v) is 3.53. The Balaban J connectivity index is 2.28. The zero-order valence-electron chi connectivity index (χ0n) is 10.0. The van der Waals surface area contributed by atoms with Gasteiger partial charge < -0.3 is 5.11 Å². The van der Waals surface area contributed by atoms with Crippen molar-refractivity contribution in [1.82, 2.24) is 0 Å². The van der Waals surface area contributed by atoms with Crippen LogP contribution in [0.2, 0.25) is 10.0 Å². The highest BCUT2D eigenvalue weighted by molar-refractivity contribution is 6.42. The summed E-state index contributed by atoms with van der Waals surface area (Å²) in [4.78, 5) is 0. The first-order valence-electron chi connectivity index (χ1n) is 5.65. The van der Waals surface area contributed by atoms with Gasteiger partial charge in [-0.3, -0.25) is 0 Å². The van der Waals surface area contributed by atoms with E-state index in [2.05, 4.69) is 0 Å². The van der Waals surface area contributed by atoms with Crippen molar-refractivity contribution < 1.29 is 18.3 Å². The second-order valence-electron chi connectivity index (χ2n) is 4.25. The number of rotatable bonds is 3. The predicted molar refractivity (Wildman–Crippen MR) is 71.4 cm³/mol. The van der Waals surface area contributed by atoms with Gasteiger partial charge in [-0.15, -0.1) is 0 Å². The van der Waals surface area contributed by atoms with E-state index in [0.717, 1.165) is 0 Å². The first-order valence-corrected chi connectivity index (χ1v) is 6.40. The van der Waals surface area contributed by atoms with Gasteiger partial charge in [-0.2, -0.15) is 0 Å². The van der Waals surface area contributed by atoms with E-state index in [1.54, 1.807) is 6.07 Å². The molecule has 0 radical (unpaired) electrons. The van der Waals surface area contributed by atoms with E-state index < -0.39 is 29.1 Å². The Morgan fingerprint density at radius 1 is 0.950 bits per heavy atom. The molecular formula is C14H9Cl2F3O. The van der Waals surface area contributed by atoms with Crippen LogP contribution in [0.4, 0.5) is 13.2 Å². The van der Waals surface area contributed by atoms with Crippen molar-refractivity contribution in [3.8, 4) is 0 Å². The maximum Gasteiger partial charge on any atom is 0.134 e. The smallest absolute Gasteiger partial charge is 0.134 e. The summed E-state index contributed by atoms with van der Waals surface area (Å²) in [5.74, 6) is -3.30. The average molecular weight is 321 g/mol. The van der Waals surface area contributed by atoms with Crippen LogP contribution in [0, 0.1) is 17.5 Å². The molecule has 1 atom stereocenters. The predicted octanol–water partition coefficient (Wildman–Crippen LogP) is 4.69. The van der Waals surface area contributed by atoms with Crippen LogP contribution < -0.4 is 0 Å². The highest BCUT2D eigenvalue weighted by atomic mass is 35.5. The van der Waals surface area contributed by atoms with E-state index >= 15 is 0 Å². The SMILES string of the molecule is OC(Cc1ccc(Cl)c(Cl)c1)c1c(F)cc(F)cc1F. The monoisotopic (exact) mass is 320 g/mol. The van der Waals surface area contributed by atoms with Gasteiger partial charge in [0.15, 0.2) is 0 Å². The Morgan fingerprint density at radius 2 is 1.55 bits per heavy atom. The lowest BCUT2D eigenvalue weighted by Crippen LogP contribution is -2.08. The molecule has 0 aliphatic rings. The molecule has 0 saturated heterocycles. The normalized spacial score (nSPS) is 12.5. The molecule has 0 bridgehead atoms. The van der Waals surface area contributed by atoms with Gasteiger partial charge in [0, 0.05) is 18.6 Å². The minimum absolute atomic E-state index is 0.0731. The van der Waals surface area contributed by atoms with Crippen molar-refractivity contribution in [3.05, 3.63) is 69.0 Å². The zero-order chi connectivity index (χ0) is 14.9. The molecule has 1 nitrogen and oxygen atoms in total. The Kier molecular flexibility index (Phi) is 4.58. The van der Waals surface area contributed by atoms with E-state index in [0.29, 0.717) is 22.7 Å². The van der Waals surface area contributed by atoms with Crippen LogP contribution in [0.5, 0.6) is 0 Å². The summed E-state index contributed by atoms with van der Waals surface area (Å²) >= 11 is 11.6. The van der Waals surface area contributed by atoms with Gasteiger partial charge in [-0.1, -0.05) is 29.3 Å². The van der Waals surface area contributed by atoms with Crippen molar-refractivity contribution >= 4 is 23.2 Å². The first kappa shape index (κ1) is 15.2. The summed E-state index contributed by atoms with van der Waals surface area (Å²) < 4.78 is 39.8. The molecule has 0 heterocycles. The fraction of sp³-hybridized carbons (Fsp3) is 0.143. The Labute approximate surface area is 123 Å². The van der Waals surface area contributed by atoms with Gasteiger partial charge in [-0.05, 0) is 17.7 Å². The Hall–Kier alpha value is -1.23. The third-order valence-electron chi connectivity index (χ3n) is 2.79. The van der Waals surface area contributed by atoms with Gasteiger partial charge in [0.05, 0.1) is 21.7 Å². The maximum atomic E-state index is 13.5. The Morgan fingerprint density at radius 3 is 2.10 bits per heavy atom. The molecule has 0 aliphatic carbocycles. The van der Waals surface area contributed by atoms with Crippen LogP contribution in [0.3, 0.4) is 0 Å². The number of halogens is 5. The number of benzene rings is 2. The molecule has 2 rings (SSSR count). The van der Waals surface area contributed by atoms with Gasteiger partial charge in [-0.25, -0.2) is 13.2 Å². The molecule has 106 valence electrons. The van der Waals surface area contributed by atoms with Crippen LogP contribution >= 0.6 is 23.2 Å². The van der Waals surface area contributed by atoms with Crippen molar-refractivity contribution in [1.29, 1.82) is 0 Å². The second kappa shape index (κ2) is 6.04. The van der Waals surface area contributed by atoms with Gasteiger partial charge >= 0.3 is 0 Å². The standard InChI is InChI=1S/C14H9Cl2F3O/c15-9-2-1-7(3-10(9)16)4-13(20)14-11(18)5-8(17)6-12(14)19/h1-3,5-6,13,20H,4H2. The van der Waals surface area contributed by atoms with E-state index in [9.17, 15) is 18.3 Å². The molecule has 20 heavy (non-hydrogen) atoms. The van der Waals surface area contributed by atoms with Crippen molar-refractivity contribution in [3.63, 3.8) is 0 Å². The van der Waals surface area contributed by atoms with Gasteiger partial charge in [0.25, 0.3) is 0 Å². The average Bonchev–Trinajstić information content (AvgIpc) is 2.32. The number of aliphatic hydroxyl groups excluding tert-OH is 1. The Bertz CT molecular complexity index is 623. The largest absolute Gasteiger partial charge is 0.388 e. The summed E-state index contributed by atoms with van der Waals surface area (Å²) in [6.45, 7) is 0. The van der Waals surface area contributed by atoms with Crippen LogP contribution in [-0.2, 0) is 6.42 Å². The molecule has 0 spiro atoms. The topological polar surface area (TPSA) is 20.2 Å². The van der Waals surface area contributed by atoms with E-state index in [-0.39, 0.29) is 11.4 Å². The van der Waals surface area contributed by atoms with Gasteiger partial charge in [0.2, 0.25) is 0 Å². The quantitative estimate of drug-likeness (QED) is 0.870. The number of aliphatic hydroxyl groups is 1. The molecule has 0 amide bonds. The fourth-order valence-corrected chi connectivity index (χ4v) is 2.18. The van der Waals surface area contributed by atoms with Crippen LogP contribution in [0.25, 0.3) is 0 Å². The number of hydrogen-bond donors (Lipinski definition) is 1. The number of hydrogen-bond acceptors (Lipinski definition) is 1. The third kappa shape index (κ3) is 3.26. The molecule has 0 aliphatic heterocycles. The van der Waals surface area contributed by atoms with Gasteiger partial charge in [0.1, 0.15) is 17.5 Å². The lowest BCUT2D eigenvalue weighted by atomic mass is 10.0. The molecule has 0 aromatic heterocycles. The second-order valence-corrected chi connectivity index (χ2v) is 5.07. The maximum absolute atomic E-state index is 13.5. The highest BCUT2D eigenvalue weighted by Crippen LogP contribution is 2.28. The molecule has 6 heteroatoms. The van der Waals surface area contributed by atoms with E-state index in [1.807, 2.05) is 0 Å². The highest BCUT2D eigenvalue weighted by Gasteiger charge is 2.20. The van der Waals surface area contributed by atoms with Crippen molar-refractivity contribution in [2.45, 2.75) is 12.5 Å². The molecule has 1 N–H and O–H groups in total. The van der Waals surface area contributed by atoms with E-state index in [1.165, 1.54) is 12.1 Å². The summed E-state index contributed by atoms with van der Waals surface area (Å²) in [5, 5.41) is 10.5. The molecule has 1 unspecified atom stereocenters. The lowest BCUT2D eigenvalue weighted by molar-refractivity contribution is 0.168. The minimum atomic E-state index is -1.45. The molecule has 2 aromatic carbocycles. The summed E-state index contributed by atoms with van der Waals surface area (Å²) in [6.07, 6.45) is -1.52. The molecule has 2 aromatic rings. The zero-order valence-corrected chi connectivity index (χ0v) is 11.5. The van der Waals surface area contributed by atoms with Crippen LogP contribution in [-0.4, -0.2) is 5.11 Å². The lowest BCUT2D eigenvalue weighted by Gasteiger charge is -2.13.